The normalized spacial score (nSPS) is 15.2. The van der Waals surface area contributed by atoms with E-state index >= 15 is 0 Å². The second-order valence-corrected chi connectivity index (χ2v) is 4.51. The van der Waals surface area contributed by atoms with Crippen LogP contribution in [0.5, 0.6) is 0 Å². The first-order valence-corrected chi connectivity index (χ1v) is 6.32. The van der Waals surface area contributed by atoms with E-state index in [9.17, 15) is 10.0 Å². The first kappa shape index (κ1) is 12.4. The Morgan fingerprint density at radius 2 is 1.60 bits per heavy atom. The van der Waals surface area contributed by atoms with E-state index in [0.717, 1.165) is 16.2 Å². The molecule has 0 fully saturated rings. The number of anilines is 1. The molecule has 1 aliphatic carbocycles. The molecule has 0 amide bonds. The Labute approximate surface area is 117 Å². The number of carbonyl (C=O) groups excluding carboxylic acids is 1. The number of carbonyl (C=O) groups is 1. The van der Waals surface area contributed by atoms with Gasteiger partial charge < -0.3 is 0 Å². The van der Waals surface area contributed by atoms with Crippen molar-refractivity contribution in [3.05, 3.63) is 78.0 Å². The highest BCUT2D eigenvalue weighted by atomic mass is 16.5. The topological polar surface area (TPSA) is 40.5 Å². The summed E-state index contributed by atoms with van der Waals surface area (Å²) < 4.78 is 0. The van der Waals surface area contributed by atoms with E-state index in [1.807, 2.05) is 42.5 Å². The standard InChI is InChI=1S/C17H13NO2/c19-17-11-10-13-6-4-5-9-15(13)16(17)12-18(20)14-7-2-1-3-8-14/h1-12,20H. The van der Waals surface area contributed by atoms with Crippen LogP contribution in [0.15, 0.2) is 66.9 Å². The van der Waals surface area contributed by atoms with Crippen molar-refractivity contribution in [3.8, 4) is 0 Å². The minimum atomic E-state index is -0.112. The highest BCUT2D eigenvalue weighted by Crippen LogP contribution is 2.27. The van der Waals surface area contributed by atoms with Crippen LogP contribution in [0, 0.1) is 0 Å². The summed E-state index contributed by atoms with van der Waals surface area (Å²) in [4.78, 5) is 12.0. The van der Waals surface area contributed by atoms with Crippen molar-refractivity contribution in [2.24, 2.45) is 0 Å². The number of hydrogen-bond acceptors (Lipinski definition) is 3. The molecule has 3 nitrogen and oxygen atoms in total. The van der Waals surface area contributed by atoms with E-state index in [-0.39, 0.29) is 5.78 Å². The lowest BCUT2D eigenvalue weighted by atomic mass is 9.92. The smallest absolute Gasteiger partial charge is 0.188 e. The Balaban J connectivity index is 2.03. The summed E-state index contributed by atoms with van der Waals surface area (Å²) >= 11 is 0. The van der Waals surface area contributed by atoms with E-state index in [0.29, 0.717) is 11.3 Å². The highest BCUT2D eigenvalue weighted by molar-refractivity contribution is 6.30. The molecule has 0 saturated heterocycles. The van der Waals surface area contributed by atoms with E-state index < -0.39 is 0 Å². The highest BCUT2D eigenvalue weighted by Gasteiger charge is 2.17. The number of para-hydroxylation sites is 1. The molecule has 0 bridgehead atoms. The van der Waals surface area contributed by atoms with Crippen LogP contribution < -0.4 is 5.06 Å². The molecular weight excluding hydrogens is 250 g/mol. The van der Waals surface area contributed by atoms with Crippen molar-refractivity contribution >= 4 is 23.1 Å². The van der Waals surface area contributed by atoms with E-state index in [2.05, 4.69) is 0 Å². The molecule has 3 heteroatoms. The summed E-state index contributed by atoms with van der Waals surface area (Å²) in [6.07, 6.45) is 4.77. The third-order valence-corrected chi connectivity index (χ3v) is 3.20. The van der Waals surface area contributed by atoms with Crippen molar-refractivity contribution in [1.29, 1.82) is 0 Å². The summed E-state index contributed by atoms with van der Waals surface area (Å²) in [6, 6.07) is 16.7. The molecule has 0 heterocycles. The van der Waals surface area contributed by atoms with Crippen LogP contribution in [0.1, 0.15) is 11.1 Å². The molecule has 0 spiro atoms. The van der Waals surface area contributed by atoms with Crippen LogP contribution in [0.3, 0.4) is 0 Å². The number of allylic oxidation sites excluding steroid dienone is 2. The molecule has 0 aliphatic heterocycles. The molecule has 0 atom stereocenters. The van der Waals surface area contributed by atoms with Gasteiger partial charge in [0.25, 0.3) is 0 Å². The van der Waals surface area contributed by atoms with Gasteiger partial charge in [-0.05, 0) is 29.3 Å². The second-order valence-electron chi connectivity index (χ2n) is 4.51. The number of benzene rings is 2. The SMILES string of the molecule is O=C1C=Cc2ccccc2C1=CN(O)c1ccccc1. The Morgan fingerprint density at radius 1 is 0.900 bits per heavy atom. The van der Waals surface area contributed by atoms with Gasteiger partial charge in [-0.2, -0.15) is 0 Å². The van der Waals surface area contributed by atoms with Crippen LogP contribution in [-0.4, -0.2) is 11.0 Å². The molecule has 2 aromatic rings. The van der Waals surface area contributed by atoms with Crippen LogP contribution >= 0.6 is 0 Å². The van der Waals surface area contributed by atoms with Crippen molar-refractivity contribution in [3.63, 3.8) is 0 Å². The van der Waals surface area contributed by atoms with Gasteiger partial charge in [0.1, 0.15) is 0 Å². The fraction of sp³-hybridized carbons (Fsp3) is 0. The monoisotopic (exact) mass is 263 g/mol. The molecule has 2 aromatic carbocycles. The van der Waals surface area contributed by atoms with Crippen LogP contribution in [0.4, 0.5) is 5.69 Å². The van der Waals surface area contributed by atoms with E-state index in [4.69, 9.17) is 0 Å². The van der Waals surface area contributed by atoms with Crippen LogP contribution in [-0.2, 0) is 4.79 Å². The maximum atomic E-state index is 12.0. The molecule has 98 valence electrons. The molecule has 0 aromatic heterocycles. The number of rotatable bonds is 2. The molecule has 0 radical (unpaired) electrons. The fourth-order valence-corrected chi connectivity index (χ4v) is 2.19. The van der Waals surface area contributed by atoms with E-state index in [1.165, 1.54) is 12.3 Å². The molecule has 3 rings (SSSR count). The lowest BCUT2D eigenvalue weighted by Crippen LogP contribution is -2.14. The molecule has 20 heavy (non-hydrogen) atoms. The Kier molecular flexibility index (Phi) is 3.19. The minimum absolute atomic E-state index is 0.112. The molecule has 1 N–H and O–H groups in total. The van der Waals surface area contributed by atoms with Crippen molar-refractivity contribution < 1.29 is 10.0 Å². The molecule has 0 unspecified atom stereocenters. The lowest BCUT2D eigenvalue weighted by Gasteiger charge is -2.17. The zero-order valence-electron chi connectivity index (χ0n) is 10.7. The number of nitrogens with zero attached hydrogens (tertiary/aromatic N) is 1. The third kappa shape index (κ3) is 2.27. The van der Waals surface area contributed by atoms with Gasteiger partial charge in [0.15, 0.2) is 5.78 Å². The van der Waals surface area contributed by atoms with Gasteiger partial charge in [-0.1, -0.05) is 48.5 Å². The van der Waals surface area contributed by atoms with Crippen LogP contribution in [0.2, 0.25) is 0 Å². The summed E-state index contributed by atoms with van der Waals surface area (Å²) in [6.45, 7) is 0. The maximum Gasteiger partial charge on any atom is 0.188 e. The molecular formula is C17H13NO2. The predicted molar refractivity (Wildman–Crippen MR) is 79.2 cm³/mol. The van der Waals surface area contributed by atoms with E-state index in [1.54, 1.807) is 18.2 Å². The minimum Gasteiger partial charge on any atom is -0.289 e. The summed E-state index contributed by atoms with van der Waals surface area (Å²) in [5.41, 5.74) is 2.89. The van der Waals surface area contributed by atoms with Gasteiger partial charge in [-0.15, -0.1) is 0 Å². The first-order chi connectivity index (χ1) is 9.75. The zero-order valence-corrected chi connectivity index (χ0v) is 10.7. The number of fused-ring (bicyclic) bond motifs is 1. The predicted octanol–water partition coefficient (Wildman–Crippen LogP) is 3.52. The van der Waals surface area contributed by atoms with Crippen molar-refractivity contribution in [1.82, 2.24) is 0 Å². The zero-order chi connectivity index (χ0) is 13.9. The second kappa shape index (κ2) is 5.15. The Bertz CT molecular complexity index is 702. The van der Waals surface area contributed by atoms with Crippen molar-refractivity contribution in [2.75, 3.05) is 5.06 Å². The quantitative estimate of drug-likeness (QED) is 0.665. The van der Waals surface area contributed by atoms with Crippen LogP contribution in [0.25, 0.3) is 11.6 Å². The summed E-state index contributed by atoms with van der Waals surface area (Å²) in [5.74, 6) is -0.112. The number of hydrogen-bond donors (Lipinski definition) is 1. The fourth-order valence-electron chi connectivity index (χ4n) is 2.19. The van der Waals surface area contributed by atoms with Gasteiger partial charge >= 0.3 is 0 Å². The van der Waals surface area contributed by atoms with Gasteiger partial charge in [0, 0.05) is 11.8 Å². The average Bonchev–Trinajstić information content (AvgIpc) is 2.51. The third-order valence-electron chi connectivity index (χ3n) is 3.20. The largest absolute Gasteiger partial charge is 0.289 e. The van der Waals surface area contributed by atoms with Gasteiger partial charge in [-0.3, -0.25) is 10.0 Å². The summed E-state index contributed by atoms with van der Waals surface area (Å²) in [5, 5.41) is 11.1. The lowest BCUT2D eigenvalue weighted by molar-refractivity contribution is -0.109. The summed E-state index contributed by atoms with van der Waals surface area (Å²) in [7, 11) is 0. The van der Waals surface area contributed by atoms with Gasteiger partial charge in [0.05, 0.1) is 5.69 Å². The first-order valence-electron chi connectivity index (χ1n) is 6.32. The van der Waals surface area contributed by atoms with Crippen molar-refractivity contribution in [2.45, 2.75) is 0 Å². The Hall–Kier alpha value is -2.65. The number of ketones is 1. The maximum absolute atomic E-state index is 12.0. The van der Waals surface area contributed by atoms with Gasteiger partial charge in [0.2, 0.25) is 0 Å². The molecule has 0 saturated carbocycles. The molecule has 1 aliphatic rings. The van der Waals surface area contributed by atoms with Gasteiger partial charge in [-0.25, -0.2) is 5.06 Å². The Morgan fingerprint density at radius 3 is 2.40 bits per heavy atom. The number of hydroxylamine groups is 1. The average molecular weight is 263 g/mol.